The van der Waals surface area contributed by atoms with Crippen LogP contribution in [0.25, 0.3) is 0 Å². The van der Waals surface area contributed by atoms with Crippen molar-refractivity contribution in [1.29, 1.82) is 0 Å². The Morgan fingerprint density at radius 1 is 1.18 bits per heavy atom. The normalized spacial score (nSPS) is 17.1. The number of hydrogen-bond acceptors (Lipinski definition) is 6. The molecule has 0 aliphatic carbocycles. The molecule has 3 rings (SSSR count). The minimum absolute atomic E-state index is 0.0955. The van der Waals surface area contributed by atoms with Gasteiger partial charge in [0.25, 0.3) is 17.7 Å². The highest BCUT2D eigenvalue weighted by Gasteiger charge is 2.37. The van der Waals surface area contributed by atoms with Crippen LogP contribution < -0.4 is 14.2 Å². The molecule has 0 N–H and O–H groups in total. The molecule has 8 heteroatoms. The minimum atomic E-state index is -1.01. The van der Waals surface area contributed by atoms with Crippen LogP contribution in [-0.4, -0.2) is 52.7 Å². The van der Waals surface area contributed by atoms with E-state index in [0.717, 1.165) is 12.8 Å². The third-order valence-corrected chi connectivity index (χ3v) is 4.72. The zero-order chi connectivity index (χ0) is 20.1. The zero-order valence-electron chi connectivity index (χ0n) is 16.2. The molecule has 1 amide bonds. The van der Waals surface area contributed by atoms with E-state index in [-0.39, 0.29) is 12.0 Å². The van der Waals surface area contributed by atoms with Crippen molar-refractivity contribution in [3.05, 3.63) is 41.7 Å². The summed E-state index contributed by atoms with van der Waals surface area (Å²) in [6.45, 7) is 4.63. The second kappa shape index (κ2) is 8.65. The predicted molar refractivity (Wildman–Crippen MR) is 105 cm³/mol. The largest absolute Gasteiger partial charge is 0.478 e. The number of rotatable bonds is 6. The topological polar surface area (TPSA) is 73.8 Å². The number of likely N-dealkylation sites (tertiary alicyclic amines) is 1. The van der Waals surface area contributed by atoms with Crippen molar-refractivity contribution >= 4 is 17.5 Å². The summed E-state index contributed by atoms with van der Waals surface area (Å²) < 4.78 is 17.1. The number of hydrogen-bond donors (Lipinski definition) is 0. The van der Waals surface area contributed by atoms with Crippen LogP contribution in [0.4, 0.5) is 0 Å². The number of benzene rings is 1. The van der Waals surface area contributed by atoms with E-state index in [4.69, 9.17) is 25.8 Å². The molecule has 1 aliphatic heterocycles. The van der Waals surface area contributed by atoms with Gasteiger partial charge in [-0.05, 0) is 51.0 Å². The van der Waals surface area contributed by atoms with Crippen molar-refractivity contribution < 1.29 is 19.0 Å². The maximum atomic E-state index is 13.1. The summed E-state index contributed by atoms with van der Waals surface area (Å²) in [5.74, 6) is 1.16. The monoisotopic (exact) mass is 405 g/mol. The summed E-state index contributed by atoms with van der Waals surface area (Å²) in [6, 6.07) is 6.96. The van der Waals surface area contributed by atoms with Crippen LogP contribution in [-0.2, 0) is 4.79 Å². The molecule has 2 heterocycles. The summed E-state index contributed by atoms with van der Waals surface area (Å²) in [7, 11) is 1.52. The molecule has 1 aromatic carbocycles. The number of methoxy groups -OCH3 is 1. The first-order valence-electron chi connectivity index (χ1n) is 9.14. The Hall–Kier alpha value is -2.54. The molecule has 0 saturated carbocycles. The summed E-state index contributed by atoms with van der Waals surface area (Å²) in [5.41, 5.74) is -1.01. The van der Waals surface area contributed by atoms with Crippen LogP contribution >= 0.6 is 11.6 Å². The van der Waals surface area contributed by atoms with Gasteiger partial charge in [0.1, 0.15) is 11.9 Å². The number of carbonyl (C=O) groups excluding carboxylic acids is 1. The predicted octanol–water partition coefficient (Wildman–Crippen LogP) is 3.37. The van der Waals surface area contributed by atoms with Gasteiger partial charge in [-0.1, -0.05) is 11.6 Å². The quantitative estimate of drug-likeness (QED) is 0.733. The van der Waals surface area contributed by atoms with Crippen molar-refractivity contribution in [2.75, 3.05) is 20.2 Å². The molecule has 1 aliphatic rings. The first kappa shape index (κ1) is 20.2. The molecule has 0 bridgehead atoms. The molecule has 0 radical (unpaired) electrons. The third kappa shape index (κ3) is 4.84. The minimum Gasteiger partial charge on any atom is -0.478 e. The number of aromatic nitrogens is 2. The molecule has 2 aromatic rings. The maximum Gasteiger partial charge on any atom is 0.278 e. The van der Waals surface area contributed by atoms with Gasteiger partial charge in [-0.2, -0.15) is 0 Å². The van der Waals surface area contributed by atoms with Crippen molar-refractivity contribution in [3.8, 4) is 17.5 Å². The van der Waals surface area contributed by atoms with Gasteiger partial charge in [-0.15, -0.1) is 0 Å². The van der Waals surface area contributed by atoms with Gasteiger partial charge in [0.05, 0.1) is 13.7 Å². The second-order valence-electron chi connectivity index (χ2n) is 7.07. The van der Waals surface area contributed by atoms with E-state index < -0.39 is 5.60 Å². The van der Waals surface area contributed by atoms with Gasteiger partial charge < -0.3 is 19.1 Å². The Morgan fingerprint density at radius 2 is 1.86 bits per heavy atom. The van der Waals surface area contributed by atoms with Crippen molar-refractivity contribution in [1.82, 2.24) is 14.9 Å². The fraction of sp³-hybridized carbons (Fsp3) is 0.450. The van der Waals surface area contributed by atoms with Crippen molar-refractivity contribution in [2.45, 2.75) is 38.4 Å². The van der Waals surface area contributed by atoms with E-state index in [1.54, 1.807) is 55.4 Å². The lowest BCUT2D eigenvalue weighted by Gasteiger charge is -2.37. The summed E-state index contributed by atoms with van der Waals surface area (Å²) in [4.78, 5) is 23.1. The molecule has 1 aromatic heterocycles. The van der Waals surface area contributed by atoms with Gasteiger partial charge >= 0.3 is 0 Å². The molecule has 7 nitrogen and oxygen atoms in total. The zero-order valence-corrected chi connectivity index (χ0v) is 17.0. The fourth-order valence-corrected chi connectivity index (χ4v) is 3.26. The fourth-order valence-electron chi connectivity index (χ4n) is 3.13. The van der Waals surface area contributed by atoms with E-state index >= 15 is 0 Å². The van der Waals surface area contributed by atoms with Crippen LogP contribution in [0.3, 0.4) is 0 Å². The lowest BCUT2D eigenvalue weighted by molar-refractivity contribution is -0.148. The smallest absolute Gasteiger partial charge is 0.278 e. The standard InChI is InChI=1S/C20H24ClN3O4/c1-20(2,28-15-8-6-14(21)7-9-15)19(25)24-12-4-5-16(13-24)27-18-17(26-3)22-10-11-23-18/h6-11,16H,4-5,12-13H2,1-3H3. The summed E-state index contributed by atoms with van der Waals surface area (Å²) >= 11 is 5.91. The Labute approximate surface area is 169 Å². The van der Waals surface area contributed by atoms with Crippen LogP contribution in [0.15, 0.2) is 36.7 Å². The van der Waals surface area contributed by atoms with Crippen LogP contribution in [0.2, 0.25) is 5.02 Å². The molecule has 0 spiro atoms. The van der Waals surface area contributed by atoms with Gasteiger partial charge in [0, 0.05) is 24.0 Å². The highest BCUT2D eigenvalue weighted by atomic mass is 35.5. The summed E-state index contributed by atoms with van der Waals surface area (Å²) in [5, 5.41) is 0.618. The number of nitrogens with zero attached hydrogens (tertiary/aromatic N) is 3. The highest BCUT2D eigenvalue weighted by molar-refractivity contribution is 6.30. The molecule has 150 valence electrons. The third-order valence-electron chi connectivity index (χ3n) is 4.47. The lowest BCUT2D eigenvalue weighted by atomic mass is 10.0. The molecule has 28 heavy (non-hydrogen) atoms. The Bertz CT molecular complexity index is 813. The molecule has 1 unspecified atom stereocenters. The number of ether oxygens (including phenoxy) is 3. The first-order chi connectivity index (χ1) is 13.4. The molecular weight excluding hydrogens is 382 g/mol. The van der Waals surface area contributed by atoms with Gasteiger partial charge in [-0.25, -0.2) is 9.97 Å². The number of amides is 1. The first-order valence-corrected chi connectivity index (χ1v) is 9.52. The number of carbonyl (C=O) groups is 1. The van der Waals surface area contributed by atoms with Gasteiger partial charge in [0.15, 0.2) is 5.60 Å². The lowest BCUT2D eigenvalue weighted by Crippen LogP contribution is -2.53. The van der Waals surface area contributed by atoms with Gasteiger partial charge in [-0.3, -0.25) is 4.79 Å². The summed E-state index contributed by atoms with van der Waals surface area (Å²) in [6.07, 6.45) is 4.55. The van der Waals surface area contributed by atoms with Crippen LogP contribution in [0, 0.1) is 0 Å². The Morgan fingerprint density at radius 3 is 2.54 bits per heavy atom. The molecule has 1 fully saturated rings. The van der Waals surface area contributed by atoms with Crippen LogP contribution in [0.1, 0.15) is 26.7 Å². The molecule has 1 saturated heterocycles. The second-order valence-corrected chi connectivity index (χ2v) is 7.51. The molecular formula is C20H24ClN3O4. The highest BCUT2D eigenvalue weighted by Crippen LogP contribution is 2.26. The maximum absolute atomic E-state index is 13.1. The molecule has 1 atom stereocenters. The Balaban J connectivity index is 1.65. The average Bonchev–Trinajstić information content (AvgIpc) is 2.69. The van der Waals surface area contributed by atoms with E-state index in [2.05, 4.69) is 9.97 Å². The Kier molecular flexibility index (Phi) is 6.24. The van der Waals surface area contributed by atoms with Crippen molar-refractivity contribution in [2.24, 2.45) is 0 Å². The van der Waals surface area contributed by atoms with Gasteiger partial charge in [0.2, 0.25) is 0 Å². The number of halogens is 1. The van der Waals surface area contributed by atoms with E-state index in [1.165, 1.54) is 7.11 Å². The van der Waals surface area contributed by atoms with E-state index in [1.807, 2.05) is 0 Å². The average molecular weight is 406 g/mol. The SMILES string of the molecule is COc1nccnc1OC1CCCN(C(=O)C(C)(C)Oc2ccc(Cl)cc2)C1. The van der Waals surface area contributed by atoms with Crippen LogP contribution in [0.5, 0.6) is 17.5 Å². The number of piperidine rings is 1. The van der Waals surface area contributed by atoms with E-state index in [0.29, 0.717) is 35.6 Å². The van der Waals surface area contributed by atoms with Crippen molar-refractivity contribution in [3.63, 3.8) is 0 Å². The van der Waals surface area contributed by atoms with E-state index in [9.17, 15) is 4.79 Å².